The fourth-order valence-corrected chi connectivity index (χ4v) is 9.64. The second-order valence-corrected chi connectivity index (χ2v) is 28.7. The number of hydrogen-bond acceptors (Lipinski definition) is 5. The quantitative estimate of drug-likeness (QED) is 0.122. The lowest BCUT2D eigenvalue weighted by molar-refractivity contribution is -0.167. The van der Waals surface area contributed by atoms with Crippen LogP contribution in [0.1, 0.15) is 122 Å². The van der Waals surface area contributed by atoms with Gasteiger partial charge in [-0.05, 0) is 123 Å². The lowest BCUT2D eigenvalue weighted by Crippen LogP contribution is -2.49. The maximum atomic E-state index is 12.7. The number of ether oxygens (including phenoxy) is 2. The van der Waals surface area contributed by atoms with E-state index in [9.17, 15) is 4.79 Å². The van der Waals surface area contributed by atoms with E-state index in [2.05, 4.69) is 120 Å². The van der Waals surface area contributed by atoms with E-state index in [1.165, 1.54) is 16.7 Å². The molecule has 3 aliphatic carbocycles. The molecule has 0 heterocycles. The summed E-state index contributed by atoms with van der Waals surface area (Å²) < 4.78 is 26.1. The number of carbonyl (C=O) groups is 1. The third-order valence-electron chi connectivity index (χ3n) is 13.0. The summed E-state index contributed by atoms with van der Waals surface area (Å²) in [6.07, 6.45) is 13.3. The van der Waals surface area contributed by atoms with Crippen LogP contribution >= 0.6 is 0 Å². The topological polar surface area (TPSA) is 54.0 Å². The Hall–Kier alpha value is -1.26. The van der Waals surface area contributed by atoms with Gasteiger partial charge in [-0.15, -0.1) is 0 Å². The van der Waals surface area contributed by atoms with Crippen molar-refractivity contribution in [1.82, 2.24) is 0 Å². The van der Waals surface area contributed by atoms with E-state index >= 15 is 0 Å². The first-order valence-electron chi connectivity index (χ1n) is 18.7. The largest absolute Gasteiger partial charge is 0.458 e. The molecule has 274 valence electrons. The molecule has 0 amide bonds. The summed E-state index contributed by atoms with van der Waals surface area (Å²) in [5, 5.41) is 0.270. The van der Waals surface area contributed by atoms with Crippen molar-refractivity contribution in [1.29, 1.82) is 0 Å². The van der Waals surface area contributed by atoms with Gasteiger partial charge in [-0.3, -0.25) is 0 Å². The molecule has 0 bridgehead atoms. The molecule has 0 radical (unpaired) electrons. The SMILES string of the molecule is C=C1/C(=C\C=C2/CCC[C@]3(C)C(C(C)OCC(=O)OC(C)(C)C(C)C)=CC[C@@H]23)C[C@@H](O[Si](C)(C)C(C)(C)C)C[C@@H]1O[Si](C)(C)C(C)(C)C. The van der Waals surface area contributed by atoms with Gasteiger partial charge in [-0.2, -0.15) is 0 Å². The molecule has 0 aromatic rings. The number of fused-ring (bicyclic) bond motifs is 1. The van der Waals surface area contributed by atoms with Crippen molar-refractivity contribution in [3.63, 3.8) is 0 Å². The molecule has 7 heteroatoms. The predicted octanol–water partition coefficient (Wildman–Crippen LogP) is 11.5. The van der Waals surface area contributed by atoms with Crippen LogP contribution in [-0.4, -0.2) is 53.1 Å². The van der Waals surface area contributed by atoms with Crippen molar-refractivity contribution in [2.45, 2.75) is 182 Å². The Morgan fingerprint density at radius 2 is 1.56 bits per heavy atom. The summed E-state index contributed by atoms with van der Waals surface area (Å²) in [6.45, 7) is 40.5. The fourth-order valence-electron chi connectivity index (χ4n) is 6.97. The Morgan fingerprint density at radius 3 is 2.12 bits per heavy atom. The molecule has 0 spiro atoms. The van der Waals surface area contributed by atoms with E-state index in [-0.39, 0.29) is 52.3 Å². The molecule has 3 aliphatic rings. The van der Waals surface area contributed by atoms with Crippen molar-refractivity contribution in [3.8, 4) is 0 Å². The van der Waals surface area contributed by atoms with Crippen molar-refractivity contribution < 1.29 is 23.1 Å². The normalized spacial score (nSPS) is 28.6. The van der Waals surface area contributed by atoms with Crippen molar-refractivity contribution in [2.75, 3.05) is 6.61 Å². The highest BCUT2D eigenvalue weighted by Crippen LogP contribution is 2.56. The number of hydrogen-bond donors (Lipinski definition) is 0. The van der Waals surface area contributed by atoms with Gasteiger partial charge in [-0.25, -0.2) is 4.79 Å². The highest BCUT2D eigenvalue weighted by atomic mass is 28.4. The Labute approximate surface area is 297 Å². The Morgan fingerprint density at radius 1 is 0.979 bits per heavy atom. The van der Waals surface area contributed by atoms with Crippen LogP contribution in [0.2, 0.25) is 36.3 Å². The van der Waals surface area contributed by atoms with Gasteiger partial charge >= 0.3 is 5.97 Å². The predicted molar refractivity (Wildman–Crippen MR) is 207 cm³/mol. The molecule has 1 unspecified atom stereocenters. The second-order valence-electron chi connectivity index (χ2n) is 19.2. The van der Waals surface area contributed by atoms with Crippen molar-refractivity contribution in [3.05, 3.63) is 47.1 Å². The summed E-state index contributed by atoms with van der Waals surface area (Å²) >= 11 is 0. The lowest BCUT2D eigenvalue weighted by Gasteiger charge is -2.45. The van der Waals surface area contributed by atoms with Crippen molar-refractivity contribution >= 4 is 22.6 Å². The standard InChI is InChI=1S/C41H72O5Si2/c1-28(2)40(11,12)44-37(42)27-43-30(4)34-22-23-35-31(19-18-24-41(34,35)13)20-21-32-25-33(45-47(14,15)38(5,6)7)26-36(29(32)3)46-48(16,17)39(8,9)10/h20-22,28,30,33,35-36H,3,18-19,23-27H2,1-2,4-17H3/b31-20+,32-21-/t30?,33-,35+,36+,41-/m1/s1. The molecule has 5 nitrogen and oxygen atoms in total. The van der Waals surface area contributed by atoms with E-state index in [0.29, 0.717) is 5.92 Å². The highest BCUT2D eigenvalue weighted by Gasteiger charge is 2.47. The van der Waals surface area contributed by atoms with Gasteiger partial charge in [0.15, 0.2) is 16.6 Å². The van der Waals surface area contributed by atoms with E-state index < -0.39 is 22.2 Å². The zero-order chi connectivity index (χ0) is 36.7. The maximum absolute atomic E-state index is 12.7. The van der Waals surface area contributed by atoms with Crippen LogP contribution in [0.5, 0.6) is 0 Å². The minimum Gasteiger partial charge on any atom is -0.458 e. The third-order valence-corrected chi connectivity index (χ3v) is 22.0. The highest BCUT2D eigenvalue weighted by molar-refractivity contribution is 6.74. The summed E-state index contributed by atoms with van der Waals surface area (Å²) in [5.74, 6) is 0.373. The van der Waals surface area contributed by atoms with Crippen LogP contribution < -0.4 is 0 Å². The average molecular weight is 701 g/mol. The number of carbonyl (C=O) groups excluding carboxylic acids is 1. The summed E-state index contributed by atoms with van der Waals surface area (Å²) in [5.41, 5.74) is 4.75. The first-order valence-corrected chi connectivity index (χ1v) is 24.5. The third kappa shape index (κ3) is 9.34. The molecule has 0 N–H and O–H groups in total. The summed E-state index contributed by atoms with van der Waals surface area (Å²) in [6, 6.07) is 0. The molecule has 3 rings (SSSR count). The van der Waals surface area contributed by atoms with Gasteiger partial charge in [0.25, 0.3) is 0 Å². The number of esters is 1. The molecule has 0 aliphatic heterocycles. The Balaban J connectivity index is 1.83. The minimum absolute atomic E-state index is 0.0220. The Bertz CT molecular complexity index is 1270. The molecule has 48 heavy (non-hydrogen) atoms. The van der Waals surface area contributed by atoms with Gasteiger partial charge in [0.05, 0.1) is 18.3 Å². The molecule has 0 aromatic heterocycles. The van der Waals surface area contributed by atoms with Gasteiger partial charge in [0.1, 0.15) is 12.2 Å². The minimum atomic E-state index is -2.02. The molecular weight excluding hydrogens is 629 g/mol. The molecule has 2 saturated carbocycles. The fraction of sp³-hybridized carbons (Fsp3) is 0.780. The molecule has 0 saturated heterocycles. The van der Waals surface area contributed by atoms with Gasteiger partial charge in [0.2, 0.25) is 0 Å². The second kappa shape index (κ2) is 14.8. The van der Waals surface area contributed by atoms with Crippen LogP contribution in [0.15, 0.2) is 47.1 Å². The van der Waals surface area contributed by atoms with E-state index in [1.807, 2.05) is 13.8 Å². The van der Waals surface area contributed by atoms with Gasteiger partial charge in [0, 0.05) is 6.42 Å². The van der Waals surface area contributed by atoms with Crippen LogP contribution in [-0.2, 0) is 23.1 Å². The summed E-state index contributed by atoms with van der Waals surface area (Å²) in [4.78, 5) is 12.7. The van der Waals surface area contributed by atoms with Crippen LogP contribution in [0.25, 0.3) is 0 Å². The van der Waals surface area contributed by atoms with E-state index in [0.717, 1.165) is 44.1 Å². The smallest absolute Gasteiger partial charge is 0.332 e. The molecule has 5 atom stereocenters. The Kier molecular flexibility index (Phi) is 12.7. The molecule has 2 fully saturated rings. The first kappa shape index (κ1) is 41.2. The van der Waals surface area contributed by atoms with E-state index in [4.69, 9.17) is 18.3 Å². The molecular formula is C41H72O5Si2. The van der Waals surface area contributed by atoms with Crippen molar-refractivity contribution in [2.24, 2.45) is 17.3 Å². The number of rotatable bonds is 11. The van der Waals surface area contributed by atoms with Crippen LogP contribution in [0.4, 0.5) is 0 Å². The zero-order valence-corrected chi connectivity index (χ0v) is 35.8. The van der Waals surface area contributed by atoms with Crippen LogP contribution in [0.3, 0.4) is 0 Å². The van der Waals surface area contributed by atoms with Gasteiger partial charge in [-0.1, -0.05) is 92.7 Å². The zero-order valence-electron chi connectivity index (χ0n) is 33.8. The van der Waals surface area contributed by atoms with E-state index in [1.54, 1.807) is 0 Å². The lowest BCUT2D eigenvalue weighted by atomic mass is 9.63. The number of allylic oxidation sites excluding steroid dienone is 4. The van der Waals surface area contributed by atoms with Gasteiger partial charge < -0.3 is 18.3 Å². The summed E-state index contributed by atoms with van der Waals surface area (Å²) in [7, 11) is -3.98. The first-order chi connectivity index (χ1) is 21.7. The van der Waals surface area contributed by atoms with Crippen LogP contribution in [0, 0.1) is 17.3 Å². The molecule has 0 aromatic carbocycles. The maximum Gasteiger partial charge on any atom is 0.332 e. The average Bonchev–Trinajstić information content (AvgIpc) is 3.28. The monoisotopic (exact) mass is 700 g/mol.